The average Bonchev–Trinajstić information content (AvgIpc) is 3.33. The molecule has 1 atom stereocenters. The maximum atomic E-state index is 13.1. The van der Waals surface area contributed by atoms with E-state index in [4.69, 9.17) is 4.74 Å². The molecule has 9 heteroatoms. The predicted octanol–water partition coefficient (Wildman–Crippen LogP) is 3.37. The number of aromatic nitrogens is 6. The van der Waals surface area contributed by atoms with E-state index >= 15 is 0 Å². The third-order valence-electron chi connectivity index (χ3n) is 5.28. The number of nitrogens with zero attached hydrogens (tertiary/aromatic N) is 6. The zero-order chi connectivity index (χ0) is 23.4. The Labute approximate surface area is 191 Å². The Morgan fingerprint density at radius 2 is 1.85 bits per heavy atom. The van der Waals surface area contributed by atoms with Crippen LogP contribution in [0.25, 0.3) is 16.8 Å². The van der Waals surface area contributed by atoms with Crippen LogP contribution in [0.5, 0.6) is 0 Å². The molecule has 1 N–H and O–H groups in total. The van der Waals surface area contributed by atoms with Crippen molar-refractivity contribution in [3.05, 3.63) is 83.2 Å². The van der Waals surface area contributed by atoms with Crippen molar-refractivity contribution in [2.24, 2.45) is 0 Å². The van der Waals surface area contributed by atoms with Gasteiger partial charge in [0, 0.05) is 18.9 Å². The molecule has 1 amide bonds. The summed E-state index contributed by atoms with van der Waals surface area (Å²) in [5, 5.41) is 15.0. The van der Waals surface area contributed by atoms with E-state index in [2.05, 4.69) is 30.8 Å². The van der Waals surface area contributed by atoms with Gasteiger partial charge in [-0.2, -0.15) is 4.68 Å². The van der Waals surface area contributed by atoms with Crippen molar-refractivity contribution in [1.82, 2.24) is 35.5 Å². The van der Waals surface area contributed by atoms with E-state index in [9.17, 15) is 4.79 Å². The largest absolute Gasteiger partial charge is 0.374 e. The molecule has 0 aliphatic rings. The van der Waals surface area contributed by atoms with Crippen LogP contribution in [0.1, 0.15) is 46.2 Å². The van der Waals surface area contributed by atoms with Gasteiger partial charge in [0.15, 0.2) is 5.82 Å². The Kier molecular flexibility index (Phi) is 6.50. The van der Waals surface area contributed by atoms with Gasteiger partial charge in [-0.25, -0.2) is 0 Å². The first-order valence-corrected chi connectivity index (χ1v) is 10.5. The molecule has 0 bridgehead atoms. The average molecular weight is 444 g/mol. The fraction of sp³-hybridized carbons (Fsp3) is 0.250. The summed E-state index contributed by atoms with van der Waals surface area (Å²) in [4.78, 5) is 21.6. The Hall–Kier alpha value is -3.98. The van der Waals surface area contributed by atoms with Gasteiger partial charge < -0.3 is 10.1 Å². The summed E-state index contributed by atoms with van der Waals surface area (Å²) in [5.41, 5.74) is 5.66. The summed E-state index contributed by atoms with van der Waals surface area (Å²) in [5.74, 6) is 0.307. The molecular formula is C24H25N7O2. The highest BCUT2D eigenvalue weighted by Gasteiger charge is 2.18. The number of methoxy groups -OCH3 is 1. The van der Waals surface area contributed by atoms with Gasteiger partial charge in [0.25, 0.3) is 5.91 Å². The fourth-order valence-electron chi connectivity index (χ4n) is 3.30. The Morgan fingerprint density at radius 1 is 1.06 bits per heavy atom. The number of aryl methyl sites for hydroxylation is 2. The van der Waals surface area contributed by atoms with Crippen molar-refractivity contribution < 1.29 is 9.53 Å². The molecule has 0 aliphatic carbocycles. The van der Waals surface area contributed by atoms with Crippen LogP contribution >= 0.6 is 0 Å². The van der Waals surface area contributed by atoms with Crippen LogP contribution < -0.4 is 5.32 Å². The summed E-state index contributed by atoms with van der Waals surface area (Å²) in [7, 11) is 1.60. The number of tetrazole rings is 1. The molecule has 1 unspecified atom stereocenters. The minimum Gasteiger partial charge on any atom is -0.374 e. The van der Waals surface area contributed by atoms with Gasteiger partial charge in [-0.1, -0.05) is 29.8 Å². The first-order valence-electron chi connectivity index (χ1n) is 10.5. The molecule has 0 aliphatic heterocycles. The molecule has 0 saturated heterocycles. The number of hydrogen-bond acceptors (Lipinski definition) is 7. The first kappa shape index (κ1) is 22.2. The van der Waals surface area contributed by atoms with Gasteiger partial charge in [0.2, 0.25) is 0 Å². The monoisotopic (exact) mass is 443 g/mol. The van der Waals surface area contributed by atoms with Crippen LogP contribution in [0.4, 0.5) is 0 Å². The lowest BCUT2D eigenvalue weighted by molar-refractivity contribution is 0.0950. The lowest BCUT2D eigenvalue weighted by Gasteiger charge is -2.13. The second-order valence-corrected chi connectivity index (χ2v) is 7.79. The molecule has 2 aromatic heterocycles. The summed E-state index contributed by atoms with van der Waals surface area (Å²) in [6.07, 6.45) is 3.01. The van der Waals surface area contributed by atoms with Crippen molar-refractivity contribution in [3.63, 3.8) is 0 Å². The number of rotatable bonds is 7. The summed E-state index contributed by atoms with van der Waals surface area (Å²) in [6.45, 7) is 6.03. The maximum absolute atomic E-state index is 13.1. The van der Waals surface area contributed by atoms with Crippen LogP contribution in [-0.2, 0) is 11.3 Å². The quantitative estimate of drug-likeness (QED) is 0.466. The summed E-state index contributed by atoms with van der Waals surface area (Å²) in [6, 6.07) is 13.7. The number of amides is 1. The third-order valence-corrected chi connectivity index (χ3v) is 5.28. The minimum absolute atomic E-state index is 0.234. The molecule has 168 valence electrons. The maximum Gasteiger partial charge on any atom is 0.251 e. The first-order chi connectivity index (χ1) is 15.9. The topological polar surface area (TPSA) is 108 Å². The van der Waals surface area contributed by atoms with Crippen molar-refractivity contribution in [2.75, 3.05) is 7.11 Å². The number of nitrogens with one attached hydrogen (secondary N) is 1. The molecule has 33 heavy (non-hydrogen) atoms. The normalized spacial score (nSPS) is 11.9. The van der Waals surface area contributed by atoms with E-state index in [0.29, 0.717) is 22.8 Å². The zero-order valence-corrected chi connectivity index (χ0v) is 19.0. The number of benzene rings is 2. The van der Waals surface area contributed by atoms with Gasteiger partial charge >= 0.3 is 0 Å². The molecule has 0 radical (unpaired) electrons. The van der Waals surface area contributed by atoms with Gasteiger partial charge in [-0.15, -0.1) is 5.10 Å². The lowest BCUT2D eigenvalue weighted by atomic mass is 10.0. The molecule has 2 heterocycles. The van der Waals surface area contributed by atoms with Gasteiger partial charge in [-0.05, 0) is 60.5 Å². The summed E-state index contributed by atoms with van der Waals surface area (Å²) >= 11 is 0. The highest BCUT2D eigenvalue weighted by Crippen LogP contribution is 2.26. The predicted molar refractivity (Wildman–Crippen MR) is 123 cm³/mol. The molecule has 2 aromatic carbocycles. The molecule has 4 aromatic rings. The molecule has 0 fully saturated rings. The minimum atomic E-state index is -0.319. The van der Waals surface area contributed by atoms with Crippen LogP contribution in [0, 0.1) is 13.8 Å². The SMILES string of the molecule is COC(C)c1nnnn1-c1cc(C(=O)NCc2cnc(C)cn2)cc(-c2ccc(C)cc2)c1. The second-order valence-electron chi connectivity index (χ2n) is 7.79. The van der Waals surface area contributed by atoms with Crippen LogP contribution in [0.3, 0.4) is 0 Å². The number of ether oxygens (including phenoxy) is 1. The highest BCUT2D eigenvalue weighted by molar-refractivity contribution is 5.96. The van der Waals surface area contributed by atoms with Gasteiger partial charge in [0.1, 0.15) is 6.10 Å². The standard InChI is InChI=1S/C24H25N7O2/c1-15-5-7-18(8-6-15)19-9-20(24(32)27-14-21-13-25-16(2)12-26-21)11-22(10-19)31-23(17(3)33-4)28-29-30-31/h5-13,17H,14H2,1-4H3,(H,27,32). The van der Waals surface area contributed by atoms with E-state index in [-0.39, 0.29) is 18.6 Å². The Morgan fingerprint density at radius 3 is 2.55 bits per heavy atom. The van der Waals surface area contributed by atoms with Crippen LogP contribution in [0.2, 0.25) is 0 Å². The van der Waals surface area contributed by atoms with E-state index in [0.717, 1.165) is 22.4 Å². The zero-order valence-electron chi connectivity index (χ0n) is 19.0. The highest BCUT2D eigenvalue weighted by atomic mass is 16.5. The third kappa shape index (κ3) is 5.09. The van der Waals surface area contributed by atoms with E-state index in [1.165, 1.54) is 0 Å². The molecule has 9 nitrogen and oxygen atoms in total. The molecule has 0 saturated carbocycles. The van der Waals surface area contributed by atoms with Crippen molar-refractivity contribution in [3.8, 4) is 16.8 Å². The number of carbonyl (C=O) groups excluding carboxylic acids is 1. The lowest BCUT2D eigenvalue weighted by Crippen LogP contribution is -2.24. The smallest absolute Gasteiger partial charge is 0.251 e. The van der Waals surface area contributed by atoms with Gasteiger partial charge in [-0.3, -0.25) is 14.8 Å². The van der Waals surface area contributed by atoms with Crippen LogP contribution in [-0.4, -0.2) is 43.2 Å². The van der Waals surface area contributed by atoms with Crippen molar-refractivity contribution >= 4 is 5.91 Å². The van der Waals surface area contributed by atoms with E-state index < -0.39 is 0 Å². The molecule has 4 rings (SSSR count). The Bertz CT molecular complexity index is 1250. The summed E-state index contributed by atoms with van der Waals surface area (Å²) < 4.78 is 6.99. The van der Waals surface area contributed by atoms with Crippen molar-refractivity contribution in [1.29, 1.82) is 0 Å². The molecule has 0 spiro atoms. The number of hydrogen-bond donors (Lipinski definition) is 1. The van der Waals surface area contributed by atoms with E-state index in [1.54, 1.807) is 30.3 Å². The van der Waals surface area contributed by atoms with E-state index in [1.807, 2.05) is 57.2 Å². The second kappa shape index (κ2) is 9.66. The number of carbonyl (C=O) groups is 1. The van der Waals surface area contributed by atoms with Gasteiger partial charge in [0.05, 0.1) is 29.8 Å². The Balaban J connectivity index is 1.71. The van der Waals surface area contributed by atoms with Crippen LogP contribution in [0.15, 0.2) is 54.9 Å². The fourth-order valence-corrected chi connectivity index (χ4v) is 3.30. The van der Waals surface area contributed by atoms with Crippen molar-refractivity contribution in [2.45, 2.75) is 33.4 Å². The molecular weight excluding hydrogens is 418 g/mol.